The predicted octanol–water partition coefficient (Wildman–Crippen LogP) is 4.73. The molecule has 0 bridgehead atoms. The molecule has 10 nitrogen and oxygen atoms in total. The molecule has 0 saturated carbocycles. The van der Waals surface area contributed by atoms with E-state index in [0.717, 1.165) is 42.6 Å². The minimum atomic E-state index is -3.54. The number of halogens is 1. The first kappa shape index (κ1) is 24.5. The van der Waals surface area contributed by atoms with Crippen molar-refractivity contribution in [3.8, 4) is 5.69 Å². The monoisotopic (exact) mass is 529 g/mol. The van der Waals surface area contributed by atoms with Gasteiger partial charge in [-0.05, 0) is 56.9 Å². The van der Waals surface area contributed by atoms with E-state index in [1.54, 1.807) is 23.0 Å². The summed E-state index contributed by atoms with van der Waals surface area (Å²) in [5.41, 5.74) is 4.62. The zero-order chi connectivity index (χ0) is 25.6. The normalized spacial score (nSPS) is 16.4. The number of hydrogen-bond acceptors (Lipinski definition) is 7. The fraction of sp³-hybridized carbons (Fsp3) is 0.375. The second-order valence-electron chi connectivity index (χ2n) is 9.03. The van der Waals surface area contributed by atoms with E-state index >= 15 is 0 Å². The van der Waals surface area contributed by atoms with Gasteiger partial charge in [-0.25, -0.2) is 23.1 Å². The maximum atomic E-state index is 12.5. The van der Waals surface area contributed by atoms with Crippen LogP contribution in [0.3, 0.4) is 0 Å². The molecule has 1 aliphatic rings. The standard InChI is InChI=1S/C24H28ClN7O3S/c1-15-13-26-31(14-15)17-8-9-18(20(11-17)30(3)36(4,33)34)28-19-12-21(25)29-24-23(19)27-16(2)32(24)22-7-5-6-10-35-22/h8-9,11-14,22H,5-7,10H2,1-4H3,(H,28,29). The second kappa shape index (κ2) is 9.38. The van der Waals surface area contributed by atoms with E-state index in [1.807, 2.05) is 36.7 Å². The number of anilines is 3. The maximum absolute atomic E-state index is 12.5. The lowest BCUT2D eigenvalue weighted by molar-refractivity contribution is -0.0309. The zero-order valence-corrected chi connectivity index (χ0v) is 22.1. The largest absolute Gasteiger partial charge is 0.358 e. The van der Waals surface area contributed by atoms with Gasteiger partial charge in [0.25, 0.3) is 0 Å². The van der Waals surface area contributed by atoms with Crippen molar-refractivity contribution >= 4 is 49.9 Å². The van der Waals surface area contributed by atoms with Crippen LogP contribution in [0.4, 0.5) is 17.1 Å². The third-order valence-electron chi connectivity index (χ3n) is 6.30. The Labute approximate surface area is 214 Å². The van der Waals surface area contributed by atoms with Crippen LogP contribution in [0.5, 0.6) is 0 Å². The average molecular weight is 530 g/mol. The van der Waals surface area contributed by atoms with Crippen LogP contribution in [0.1, 0.15) is 36.9 Å². The molecular formula is C24H28ClN7O3S. The fourth-order valence-electron chi connectivity index (χ4n) is 4.42. The van der Waals surface area contributed by atoms with Gasteiger partial charge in [-0.1, -0.05) is 11.6 Å². The summed E-state index contributed by atoms with van der Waals surface area (Å²) in [6, 6.07) is 7.15. The molecule has 4 heterocycles. The molecule has 1 saturated heterocycles. The molecule has 1 N–H and O–H groups in total. The van der Waals surface area contributed by atoms with E-state index in [-0.39, 0.29) is 6.23 Å². The van der Waals surface area contributed by atoms with Gasteiger partial charge in [0.2, 0.25) is 10.0 Å². The van der Waals surface area contributed by atoms with E-state index < -0.39 is 10.0 Å². The van der Waals surface area contributed by atoms with Crippen LogP contribution in [0, 0.1) is 13.8 Å². The molecule has 0 aliphatic carbocycles. The number of aromatic nitrogens is 5. The highest BCUT2D eigenvalue weighted by molar-refractivity contribution is 7.92. The summed E-state index contributed by atoms with van der Waals surface area (Å²) < 4.78 is 35.9. The Morgan fingerprint density at radius 3 is 2.64 bits per heavy atom. The molecule has 36 heavy (non-hydrogen) atoms. The summed E-state index contributed by atoms with van der Waals surface area (Å²) in [4.78, 5) is 9.32. The lowest BCUT2D eigenvalue weighted by Gasteiger charge is -2.25. The summed E-state index contributed by atoms with van der Waals surface area (Å²) in [5, 5.41) is 8.00. The summed E-state index contributed by atoms with van der Waals surface area (Å²) in [6.45, 7) is 4.56. The molecule has 1 aromatic carbocycles. The summed E-state index contributed by atoms with van der Waals surface area (Å²) in [5.74, 6) is 0.771. The van der Waals surface area contributed by atoms with Crippen molar-refractivity contribution in [3.05, 3.63) is 53.2 Å². The summed E-state index contributed by atoms with van der Waals surface area (Å²) in [7, 11) is -2.03. The zero-order valence-electron chi connectivity index (χ0n) is 20.6. The van der Waals surface area contributed by atoms with Gasteiger partial charge in [-0.15, -0.1) is 0 Å². The number of sulfonamides is 1. The van der Waals surface area contributed by atoms with E-state index in [9.17, 15) is 8.42 Å². The lowest BCUT2D eigenvalue weighted by Crippen LogP contribution is -2.25. The Hall–Kier alpha value is -3.15. The van der Waals surface area contributed by atoms with Gasteiger partial charge < -0.3 is 10.1 Å². The number of nitrogens with zero attached hydrogens (tertiary/aromatic N) is 6. The molecule has 0 amide bonds. The highest BCUT2D eigenvalue weighted by Crippen LogP contribution is 2.36. The second-order valence-corrected chi connectivity index (χ2v) is 11.4. The Morgan fingerprint density at radius 2 is 1.97 bits per heavy atom. The number of imidazole rings is 1. The molecule has 12 heteroatoms. The molecule has 5 rings (SSSR count). The SMILES string of the molecule is Cc1cnn(-c2ccc(Nc3cc(Cl)nc4c3nc(C)n4C3CCCCO3)c(N(C)S(C)(=O)=O)c2)c1. The van der Waals surface area contributed by atoms with Crippen LogP contribution >= 0.6 is 11.6 Å². The summed E-state index contributed by atoms with van der Waals surface area (Å²) >= 11 is 6.44. The van der Waals surface area contributed by atoms with Crippen LogP contribution in [-0.2, 0) is 14.8 Å². The Kier molecular flexibility index (Phi) is 6.39. The van der Waals surface area contributed by atoms with Crippen LogP contribution in [0.15, 0.2) is 36.7 Å². The first-order valence-corrected chi connectivity index (χ1v) is 13.9. The molecule has 4 aromatic rings. The molecule has 190 valence electrons. The molecule has 3 aromatic heterocycles. The van der Waals surface area contributed by atoms with Crippen molar-refractivity contribution in [1.82, 2.24) is 24.3 Å². The minimum Gasteiger partial charge on any atom is -0.358 e. The van der Waals surface area contributed by atoms with Crippen molar-refractivity contribution < 1.29 is 13.2 Å². The average Bonchev–Trinajstić information content (AvgIpc) is 3.41. The number of rotatable bonds is 6. The van der Waals surface area contributed by atoms with Gasteiger partial charge >= 0.3 is 0 Å². The predicted molar refractivity (Wildman–Crippen MR) is 141 cm³/mol. The van der Waals surface area contributed by atoms with Crippen molar-refractivity contribution in [2.75, 3.05) is 29.5 Å². The van der Waals surface area contributed by atoms with Crippen molar-refractivity contribution in [3.63, 3.8) is 0 Å². The highest BCUT2D eigenvalue weighted by atomic mass is 35.5. The molecule has 0 radical (unpaired) electrons. The van der Waals surface area contributed by atoms with Gasteiger partial charge in [0.1, 0.15) is 22.7 Å². The van der Waals surface area contributed by atoms with Crippen molar-refractivity contribution in [1.29, 1.82) is 0 Å². The van der Waals surface area contributed by atoms with Crippen LogP contribution < -0.4 is 9.62 Å². The van der Waals surface area contributed by atoms with E-state index in [4.69, 9.17) is 21.3 Å². The van der Waals surface area contributed by atoms with E-state index in [2.05, 4.69) is 15.4 Å². The summed E-state index contributed by atoms with van der Waals surface area (Å²) in [6.07, 6.45) is 7.62. The number of nitrogens with one attached hydrogen (secondary N) is 1. The highest BCUT2D eigenvalue weighted by Gasteiger charge is 2.24. The first-order valence-electron chi connectivity index (χ1n) is 11.6. The third-order valence-corrected chi connectivity index (χ3v) is 7.69. The Bertz CT molecular complexity index is 1540. The van der Waals surface area contributed by atoms with Crippen molar-refractivity contribution in [2.45, 2.75) is 39.3 Å². The molecule has 1 unspecified atom stereocenters. The van der Waals surface area contributed by atoms with Crippen LogP contribution in [0.2, 0.25) is 5.15 Å². The number of fused-ring (bicyclic) bond motifs is 1. The molecule has 1 fully saturated rings. The molecule has 0 spiro atoms. The van der Waals surface area contributed by atoms with Gasteiger partial charge in [0.15, 0.2) is 5.65 Å². The molecule has 1 aliphatic heterocycles. The molecular weight excluding hydrogens is 502 g/mol. The van der Waals surface area contributed by atoms with Crippen LogP contribution in [0.25, 0.3) is 16.9 Å². The number of pyridine rings is 1. The van der Waals surface area contributed by atoms with Gasteiger partial charge in [-0.3, -0.25) is 8.87 Å². The van der Waals surface area contributed by atoms with E-state index in [0.29, 0.717) is 40.0 Å². The molecule has 1 atom stereocenters. The fourth-order valence-corrected chi connectivity index (χ4v) is 5.11. The van der Waals surface area contributed by atoms with E-state index in [1.165, 1.54) is 11.4 Å². The minimum absolute atomic E-state index is 0.147. The topological polar surface area (TPSA) is 107 Å². The van der Waals surface area contributed by atoms with Gasteiger partial charge in [0.05, 0.1) is 35.2 Å². The van der Waals surface area contributed by atoms with Gasteiger partial charge in [0, 0.05) is 25.9 Å². The van der Waals surface area contributed by atoms with Crippen molar-refractivity contribution in [2.24, 2.45) is 0 Å². The number of aryl methyl sites for hydroxylation is 2. The number of hydrogen-bond donors (Lipinski definition) is 1. The van der Waals surface area contributed by atoms with Crippen LogP contribution in [-0.4, -0.2) is 52.6 Å². The lowest BCUT2D eigenvalue weighted by atomic mass is 10.2. The maximum Gasteiger partial charge on any atom is 0.232 e. The Balaban J connectivity index is 1.61. The first-order chi connectivity index (χ1) is 17.1. The Morgan fingerprint density at radius 1 is 1.17 bits per heavy atom. The third kappa shape index (κ3) is 4.65. The number of benzene rings is 1. The number of ether oxygens (including phenoxy) is 1. The van der Waals surface area contributed by atoms with Gasteiger partial charge in [-0.2, -0.15) is 5.10 Å². The smallest absolute Gasteiger partial charge is 0.232 e. The quantitative estimate of drug-likeness (QED) is 0.360.